The van der Waals surface area contributed by atoms with E-state index in [9.17, 15) is 0 Å². The van der Waals surface area contributed by atoms with Crippen LogP contribution in [0.15, 0.2) is 368 Å². The predicted molar refractivity (Wildman–Crippen MR) is 470 cm³/mol. The highest BCUT2D eigenvalue weighted by molar-refractivity contribution is 7.26. The highest BCUT2D eigenvalue weighted by Crippen LogP contribution is 2.45. The molecule has 0 atom stereocenters. The van der Waals surface area contributed by atoms with Gasteiger partial charge in [0, 0.05) is 105 Å². The van der Waals surface area contributed by atoms with Crippen LogP contribution in [0.3, 0.4) is 0 Å². The Morgan fingerprint density at radius 2 is 0.420 bits per heavy atom. The number of hydrogen-bond donors (Lipinski definition) is 0. The molecule has 6 heterocycles. The molecule has 22 aromatic rings. The van der Waals surface area contributed by atoms with Crippen LogP contribution < -0.4 is 0 Å². The zero-order valence-electron chi connectivity index (χ0n) is 60.0. The van der Waals surface area contributed by atoms with Crippen molar-refractivity contribution in [3.05, 3.63) is 364 Å². The maximum atomic E-state index is 6.29. The van der Waals surface area contributed by atoms with Gasteiger partial charge < -0.3 is 4.42 Å². The summed E-state index contributed by atoms with van der Waals surface area (Å²) >= 11 is 5.43. The van der Waals surface area contributed by atoms with E-state index in [2.05, 4.69) is 340 Å². The number of rotatable bonds is 13. The van der Waals surface area contributed by atoms with Gasteiger partial charge in [-0.3, -0.25) is 0 Å². The number of thiophene rings is 3. The zero-order chi connectivity index (χ0) is 73.7. The summed E-state index contributed by atoms with van der Waals surface area (Å²) in [7, 11) is 0. The molecule has 0 spiro atoms. The zero-order valence-corrected chi connectivity index (χ0v) is 62.4. The Bertz CT molecular complexity index is 7480. The van der Waals surface area contributed by atoms with Crippen LogP contribution >= 0.6 is 34.0 Å². The van der Waals surface area contributed by atoms with Crippen LogP contribution in [0.5, 0.6) is 0 Å². The van der Waals surface area contributed by atoms with Gasteiger partial charge in [-0.15, -0.1) is 34.0 Å². The van der Waals surface area contributed by atoms with Gasteiger partial charge in [0.15, 0.2) is 34.9 Å². The molecule has 0 aliphatic rings. The minimum atomic E-state index is 0.603. The van der Waals surface area contributed by atoms with Crippen LogP contribution in [-0.4, -0.2) is 29.9 Å². The molecule has 6 aromatic heterocycles. The third-order valence-electron chi connectivity index (χ3n) is 21.6. The first-order chi connectivity index (χ1) is 55.4. The molecule has 10 heteroatoms. The van der Waals surface area contributed by atoms with Crippen molar-refractivity contribution in [1.29, 1.82) is 0 Å². The third kappa shape index (κ3) is 11.9. The lowest BCUT2D eigenvalue weighted by atomic mass is 9.95. The van der Waals surface area contributed by atoms with E-state index in [0.717, 1.165) is 127 Å². The van der Waals surface area contributed by atoms with Crippen LogP contribution in [-0.2, 0) is 0 Å². The van der Waals surface area contributed by atoms with Crippen LogP contribution in [0.2, 0.25) is 0 Å². The van der Waals surface area contributed by atoms with Gasteiger partial charge in [-0.25, -0.2) is 29.9 Å². The molecule has 0 aliphatic carbocycles. The van der Waals surface area contributed by atoms with Gasteiger partial charge in [0.1, 0.15) is 11.2 Å². The van der Waals surface area contributed by atoms with Crippen molar-refractivity contribution < 1.29 is 4.42 Å². The number of furan rings is 1. The molecule has 0 saturated carbocycles. The second-order valence-corrected chi connectivity index (χ2v) is 31.7. The molecule has 16 aromatic carbocycles. The Morgan fingerprint density at radius 3 is 0.955 bits per heavy atom. The van der Waals surface area contributed by atoms with Gasteiger partial charge in [0.25, 0.3) is 0 Å². The average Bonchev–Trinajstić information content (AvgIpc) is 1.54. The third-order valence-corrected chi connectivity index (χ3v) is 25.0. The molecule has 0 bridgehead atoms. The number of benzene rings is 16. The Balaban J connectivity index is 0.583. The summed E-state index contributed by atoms with van der Waals surface area (Å²) in [6.45, 7) is 0. The molecule has 112 heavy (non-hydrogen) atoms. The van der Waals surface area contributed by atoms with E-state index in [1.54, 1.807) is 22.7 Å². The van der Waals surface area contributed by atoms with E-state index in [1.807, 2.05) is 35.6 Å². The van der Waals surface area contributed by atoms with Crippen molar-refractivity contribution in [2.45, 2.75) is 0 Å². The lowest BCUT2D eigenvalue weighted by Crippen LogP contribution is -2.00. The Hall–Kier alpha value is -14.0. The van der Waals surface area contributed by atoms with Crippen molar-refractivity contribution in [3.8, 4) is 146 Å². The number of hydrogen-bond acceptors (Lipinski definition) is 10. The molecule has 0 unspecified atom stereocenters. The highest BCUT2D eigenvalue weighted by atomic mass is 32.1. The maximum Gasteiger partial charge on any atom is 0.164 e. The molecule has 7 nitrogen and oxygen atoms in total. The fraction of sp³-hybridized carbons (Fsp3) is 0. The van der Waals surface area contributed by atoms with E-state index in [-0.39, 0.29) is 0 Å². The summed E-state index contributed by atoms with van der Waals surface area (Å²) in [6.07, 6.45) is 0. The van der Waals surface area contributed by atoms with Gasteiger partial charge in [-0.2, -0.15) is 0 Å². The number of para-hydroxylation sites is 1. The molecule has 0 N–H and O–H groups in total. The first-order valence-corrected chi connectivity index (χ1v) is 39.8. The summed E-state index contributed by atoms with van der Waals surface area (Å²) in [4.78, 5) is 31.7. The highest BCUT2D eigenvalue weighted by Gasteiger charge is 2.21. The summed E-state index contributed by atoms with van der Waals surface area (Å²) in [5.41, 5.74) is 23.0. The second kappa shape index (κ2) is 27.0. The topological polar surface area (TPSA) is 90.5 Å². The summed E-state index contributed by atoms with van der Waals surface area (Å²) in [5, 5.41) is 9.60. The van der Waals surface area contributed by atoms with Crippen molar-refractivity contribution in [3.63, 3.8) is 0 Å². The minimum absolute atomic E-state index is 0.603. The SMILES string of the molecule is c1ccc(-c2ccc(-c3nc(-c4cc(-c5ccccc5)cc(-c5ccc6c(c5)sc5ccc(-c7ccc8c(c7)sc7cc(-c9nc(-c%10ccc(-c%11ccccc%11)cc%10)nc(-c%10ccc(-c%11cccc(-c%12ccc%13c(c%12)oc%12ccccc%12%13)c%11)cc%10)n9)ccc78)cc56)c4)nc(-c4ccc5c(c4)sc4ccccc45)n3)cc2)cc1. The molecule has 0 radical (unpaired) electrons. The quantitative estimate of drug-likeness (QED) is 0.114. The van der Waals surface area contributed by atoms with Crippen molar-refractivity contribution >= 4 is 116 Å². The Morgan fingerprint density at radius 1 is 0.143 bits per heavy atom. The van der Waals surface area contributed by atoms with Gasteiger partial charge in [-0.05, 0) is 163 Å². The fourth-order valence-electron chi connectivity index (χ4n) is 15.8. The van der Waals surface area contributed by atoms with E-state index in [1.165, 1.54) is 66.9 Å². The molecule has 0 saturated heterocycles. The molecular formula is C102H60N6OS3. The first kappa shape index (κ1) is 65.1. The molecular weight excluding hydrogens is 1420 g/mol. The van der Waals surface area contributed by atoms with Gasteiger partial charge in [0.2, 0.25) is 0 Å². The molecule has 0 aliphatic heterocycles. The predicted octanol–water partition coefficient (Wildman–Crippen LogP) is 28.7. The maximum absolute atomic E-state index is 6.29. The smallest absolute Gasteiger partial charge is 0.164 e. The van der Waals surface area contributed by atoms with Crippen LogP contribution in [0.1, 0.15) is 0 Å². The van der Waals surface area contributed by atoms with Gasteiger partial charge >= 0.3 is 0 Å². The van der Waals surface area contributed by atoms with Gasteiger partial charge in [0.05, 0.1) is 0 Å². The van der Waals surface area contributed by atoms with E-state index in [4.69, 9.17) is 34.3 Å². The number of aromatic nitrogens is 6. The Labute approximate surface area is 656 Å². The van der Waals surface area contributed by atoms with Crippen LogP contribution in [0.25, 0.3) is 229 Å². The number of fused-ring (bicyclic) bond motifs is 12. The summed E-state index contributed by atoms with van der Waals surface area (Å²) < 4.78 is 13.6. The summed E-state index contributed by atoms with van der Waals surface area (Å²) in [6, 6.07) is 130. The molecule has 522 valence electrons. The standard InChI is InChI=1S/C102H60N6OS3/c1-4-15-61(16-5-1)64-27-33-67(34-28-64)97-103-98(69-37-31-66(32-38-69)70-21-14-22-71(51-70)73-39-45-82-81-23-10-12-25-89(81)109-90(82)56-73)105-100(104-97)77-43-49-86-85-46-40-74(57-93(85)112-96(86)60-77)72-44-50-92-88(55-72)87-47-41-75(58-94(87)111-92)79-52-78(63-19-8-3-9-20-63)53-80(54-79)102-107-99(68-35-29-65(30-36-68)62-17-6-2-7-18-62)106-101(108-102)76-42-48-84-83-24-11-13-26-91(83)110-95(84)59-76/h1-60H. The lowest BCUT2D eigenvalue weighted by molar-refractivity contribution is 0.669. The van der Waals surface area contributed by atoms with Crippen LogP contribution in [0, 0.1) is 0 Å². The van der Waals surface area contributed by atoms with Crippen LogP contribution in [0.4, 0.5) is 0 Å². The monoisotopic (exact) mass is 1480 g/mol. The summed E-state index contributed by atoms with van der Waals surface area (Å²) in [5.74, 6) is 3.67. The van der Waals surface area contributed by atoms with Gasteiger partial charge in [-0.1, -0.05) is 279 Å². The Kier molecular flexibility index (Phi) is 15.7. The minimum Gasteiger partial charge on any atom is -0.456 e. The molecule has 0 amide bonds. The number of nitrogens with zero attached hydrogens (tertiary/aromatic N) is 6. The second-order valence-electron chi connectivity index (χ2n) is 28.5. The normalized spacial score (nSPS) is 11.8. The van der Waals surface area contributed by atoms with Crippen molar-refractivity contribution in [2.24, 2.45) is 0 Å². The van der Waals surface area contributed by atoms with E-state index in [0.29, 0.717) is 34.9 Å². The average molecular weight is 1480 g/mol. The fourth-order valence-corrected chi connectivity index (χ4v) is 19.3. The molecule has 0 fully saturated rings. The largest absolute Gasteiger partial charge is 0.456 e. The molecule has 22 rings (SSSR count). The van der Waals surface area contributed by atoms with Crippen molar-refractivity contribution in [2.75, 3.05) is 0 Å². The van der Waals surface area contributed by atoms with E-state index < -0.39 is 0 Å². The van der Waals surface area contributed by atoms with Crippen molar-refractivity contribution in [1.82, 2.24) is 29.9 Å². The van der Waals surface area contributed by atoms with E-state index >= 15 is 0 Å². The lowest BCUT2D eigenvalue weighted by Gasteiger charge is -2.13. The first-order valence-electron chi connectivity index (χ1n) is 37.4.